The van der Waals surface area contributed by atoms with Gasteiger partial charge in [-0.2, -0.15) is 0 Å². The zero-order valence-corrected chi connectivity index (χ0v) is 18.5. The third kappa shape index (κ3) is 5.82. The molecule has 0 aliphatic heterocycles. The molecule has 0 radical (unpaired) electrons. The van der Waals surface area contributed by atoms with Crippen molar-refractivity contribution in [2.45, 2.75) is 33.6 Å². The second kappa shape index (κ2) is 10.8. The highest BCUT2D eigenvalue weighted by atomic mass is 32.1. The molecule has 0 bridgehead atoms. The Labute approximate surface area is 180 Å². The van der Waals surface area contributed by atoms with Gasteiger partial charge in [0, 0.05) is 24.4 Å². The molecule has 7 nitrogen and oxygen atoms in total. The third-order valence-corrected chi connectivity index (χ3v) is 5.40. The molecule has 0 unspecified atom stereocenters. The van der Waals surface area contributed by atoms with Crippen molar-refractivity contribution < 1.29 is 14.3 Å². The van der Waals surface area contributed by atoms with Crippen molar-refractivity contribution in [2.75, 3.05) is 31.6 Å². The number of carbonyl (C=O) groups is 1. The summed E-state index contributed by atoms with van der Waals surface area (Å²) in [6.45, 7) is 8.20. The molecular weight excluding hydrogens is 400 g/mol. The third-order valence-electron chi connectivity index (χ3n) is 4.44. The number of thiophene rings is 1. The smallest absolute Gasteiger partial charge is 0.221 e. The van der Waals surface area contributed by atoms with Gasteiger partial charge in [0.2, 0.25) is 5.91 Å². The first-order chi connectivity index (χ1) is 14.6. The van der Waals surface area contributed by atoms with Crippen LogP contribution in [0.3, 0.4) is 0 Å². The molecular formula is C22H28N4O3S. The monoisotopic (exact) mass is 428 g/mol. The lowest BCUT2D eigenvalue weighted by Crippen LogP contribution is -2.27. The predicted molar refractivity (Wildman–Crippen MR) is 121 cm³/mol. The van der Waals surface area contributed by atoms with E-state index in [0.717, 1.165) is 39.5 Å². The highest BCUT2D eigenvalue weighted by molar-refractivity contribution is 7.18. The first-order valence-corrected chi connectivity index (χ1v) is 11.0. The molecule has 8 heteroatoms. The van der Waals surface area contributed by atoms with E-state index in [9.17, 15) is 4.79 Å². The number of amides is 1. The number of nitrogens with one attached hydrogen (secondary N) is 2. The number of benzene rings is 1. The van der Waals surface area contributed by atoms with Crippen molar-refractivity contribution >= 4 is 33.3 Å². The number of hydrogen-bond acceptors (Lipinski definition) is 7. The highest BCUT2D eigenvalue weighted by Crippen LogP contribution is 2.29. The molecule has 30 heavy (non-hydrogen) atoms. The molecule has 2 aromatic heterocycles. The van der Waals surface area contributed by atoms with Crippen LogP contribution < -0.4 is 20.1 Å². The average molecular weight is 429 g/mol. The number of rotatable bonds is 11. The van der Waals surface area contributed by atoms with E-state index in [-0.39, 0.29) is 5.91 Å². The van der Waals surface area contributed by atoms with Gasteiger partial charge in [0.25, 0.3) is 0 Å². The number of hydrogen-bond donors (Lipinski definition) is 2. The summed E-state index contributed by atoms with van der Waals surface area (Å²) in [5.74, 6) is 2.27. The molecule has 0 fully saturated rings. The Hall–Kier alpha value is -2.87. The molecule has 3 rings (SSSR count). The first-order valence-electron chi connectivity index (χ1n) is 10.2. The van der Waals surface area contributed by atoms with Gasteiger partial charge in [-0.05, 0) is 51.0 Å². The Balaban J connectivity index is 1.44. The summed E-state index contributed by atoms with van der Waals surface area (Å²) < 4.78 is 11.2. The molecule has 0 saturated heterocycles. The molecule has 0 aliphatic carbocycles. The SMILES string of the molecule is CCOc1ccc(CCNC(=O)CCNc2ncnc3sc(C)cc23)cc1OCC. The van der Waals surface area contributed by atoms with Gasteiger partial charge < -0.3 is 20.1 Å². The van der Waals surface area contributed by atoms with Gasteiger partial charge >= 0.3 is 0 Å². The number of ether oxygens (including phenoxy) is 2. The van der Waals surface area contributed by atoms with Crippen LogP contribution in [0.25, 0.3) is 10.2 Å². The van der Waals surface area contributed by atoms with Crippen LogP contribution in [0.5, 0.6) is 11.5 Å². The molecule has 3 aromatic rings. The molecule has 2 heterocycles. The summed E-state index contributed by atoms with van der Waals surface area (Å²) in [4.78, 5) is 22.9. The molecule has 0 aliphatic rings. The van der Waals surface area contributed by atoms with Crippen molar-refractivity contribution in [1.82, 2.24) is 15.3 Å². The van der Waals surface area contributed by atoms with Crippen molar-refractivity contribution in [2.24, 2.45) is 0 Å². The van der Waals surface area contributed by atoms with Gasteiger partial charge in [-0.15, -0.1) is 11.3 Å². The van der Waals surface area contributed by atoms with Crippen LogP contribution in [0, 0.1) is 6.92 Å². The van der Waals surface area contributed by atoms with Crippen LogP contribution in [0.15, 0.2) is 30.6 Å². The molecule has 1 aromatic carbocycles. The van der Waals surface area contributed by atoms with E-state index in [4.69, 9.17) is 9.47 Å². The summed E-state index contributed by atoms with van der Waals surface area (Å²) in [7, 11) is 0. The van der Waals surface area contributed by atoms with E-state index in [0.29, 0.717) is 32.7 Å². The van der Waals surface area contributed by atoms with Gasteiger partial charge in [-0.3, -0.25) is 4.79 Å². The number of carbonyl (C=O) groups excluding carboxylic acids is 1. The molecule has 0 saturated carbocycles. The van der Waals surface area contributed by atoms with Gasteiger partial charge in [-0.25, -0.2) is 9.97 Å². The Morgan fingerprint density at radius 1 is 1.07 bits per heavy atom. The van der Waals surface area contributed by atoms with E-state index in [1.165, 1.54) is 4.88 Å². The number of fused-ring (bicyclic) bond motifs is 1. The number of aryl methyl sites for hydroxylation is 1. The molecule has 2 N–H and O–H groups in total. The summed E-state index contributed by atoms with van der Waals surface area (Å²) in [5.41, 5.74) is 1.09. The van der Waals surface area contributed by atoms with Crippen molar-refractivity contribution in [3.63, 3.8) is 0 Å². The molecule has 160 valence electrons. The number of aromatic nitrogens is 2. The molecule has 0 spiro atoms. The summed E-state index contributed by atoms with van der Waals surface area (Å²) in [6.07, 6.45) is 2.66. The lowest BCUT2D eigenvalue weighted by molar-refractivity contribution is -0.120. The second-order valence-corrected chi connectivity index (χ2v) is 7.96. The Kier molecular flexibility index (Phi) is 7.84. The van der Waals surface area contributed by atoms with Gasteiger partial charge in [0.15, 0.2) is 11.5 Å². The minimum Gasteiger partial charge on any atom is -0.490 e. The number of anilines is 1. The minimum atomic E-state index is 0.00488. The topological polar surface area (TPSA) is 85.4 Å². The van der Waals surface area contributed by atoms with E-state index in [1.54, 1.807) is 17.7 Å². The maximum absolute atomic E-state index is 12.2. The Morgan fingerprint density at radius 2 is 1.87 bits per heavy atom. The van der Waals surface area contributed by atoms with Crippen LogP contribution in [0.2, 0.25) is 0 Å². The van der Waals surface area contributed by atoms with E-state index in [2.05, 4.69) is 26.7 Å². The van der Waals surface area contributed by atoms with Crippen LogP contribution in [0.4, 0.5) is 5.82 Å². The zero-order valence-electron chi connectivity index (χ0n) is 17.7. The van der Waals surface area contributed by atoms with Crippen molar-refractivity contribution in [3.8, 4) is 11.5 Å². The fraction of sp³-hybridized carbons (Fsp3) is 0.409. The average Bonchev–Trinajstić information content (AvgIpc) is 3.11. The van der Waals surface area contributed by atoms with E-state index >= 15 is 0 Å². The summed E-state index contributed by atoms with van der Waals surface area (Å²) in [5, 5.41) is 7.21. The van der Waals surface area contributed by atoms with Crippen LogP contribution in [-0.4, -0.2) is 42.2 Å². The van der Waals surface area contributed by atoms with Crippen molar-refractivity contribution in [3.05, 3.63) is 41.0 Å². The standard InChI is InChI=1S/C22H28N4O3S/c1-4-28-18-7-6-16(13-19(18)29-5-2)8-10-23-20(27)9-11-24-21-17-12-15(3)30-22(17)26-14-25-21/h6-7,12-14H,4-5,8-11H2,1-3H3,(H,23,27)(H,24,25,26). The summed E-state index contributed by atoms with van der Waals surface area (Å²) >= 11 is 1.64. The Morgan fingerprint density at radius 3 is 2.67 bits per heavy atom. The fourth-order valence-electron chi connectivity index (χ4n) is 3.10. The zero-order chi connectivity index (χ0) is 21.3. The Bertz CT molecular complexity index is 990. The fourth-order valence-corrected chi connectivity index (χ4v) is 3.94. The molecule has 0 atom stereocenters. The maximum Gasteiger partial charge on any atom is 0.221 e. The normalized spacial score (nSPS) is 10.8. The van der Waals surface area contributed by atoms with E-state index < -0.39 is 0 Å². The molecule has 1 amide bonds. The van der Waals surface area contributed by atoms with Crippen LogP contribution in [0.1, 0.15) is 30.7 Å². The second-order valence-electron chi connectivity index (χ2n) is 6.72. The number of nitrogens with zero attached hydrogens (tertiary/aromatic N) is 2. The highest BCUT2D eigenvalue weighted by Gasteiger charge is 2.09. The lowest BCUT2D eigenvalue weighted by atomic mass is 10.1. The quantitative estimate of drug-likeness (QED) is 0.481. The maximum atomic E-state index is 12.2. The van der Waals surface area contributed by atoms with Gasteiger partial charge in [0.1, 0.15) is 17.0 Å². The predicted octanol–water partition coefficient (Wildman–Crippen LogP) is 3.96. The van der Waals surface area contributed by atoms with E-state index in [1.807, 2.05) is 39.0 Å². The van der Waals surface area contributed by atoms with Crippen molar-refractivity contribution in [1.29, 1.82) is 0 Å². The lowest BCUT2D eigenvalue weighted by Gasteiger charge is -2.12. The first kappa shape index (κ1) is 21.8. The summed E-state index contributed by atoms with van der Waals surface area (Å²) in [6, 6.07) is 7.97. The van der Waals surface area contributed by atoms with Crippen LogP contribution in [-0.2, 0) is 11.2 Å². The van der Waals surface area contributed by atoms with Gasteiger partial charge in [0.05, 0.1) is 18.6 Å². The van der Waals surface area contributed by atoms with Gasteiger partial charge in [-0.1, -0.05) is 6.07 Å². The van der Waals surface area contributed by atoms with Crippen LogP contribution >= 0.6 is 11.3 Å². The largest absolute Gasteiger partial charge is 0.490 e. The minimum absolute atomic E-state index is 0.00488.